The topological polar surface area (TPSA) is 0 Å². The van der Waals surface area contributed by atoms with Crippen molar-refractivity contribution in [3.05, 3.63) is 67.3 Å². The van der Waals surface area contributed by atoms with Crippen LogP contribution in [0.2, 0.25) is 0 Å². The van der Waals surface area contributed by atoms with Crippen molar-refractivity contribution in [3.8, 4) is 0 Å². The second-order valence-corrected chi connectivity index (χ2v) is 6.92. The zero-order valence-electron chi connectivity index (χ0n) is 10.8. The van der Waals surface area contributed by atoms with Gasteiger partial charge in [-0.05, 0) is 24.3 Å². The molecule has 0 radical (unpaired) electrons. The molecule has 0 atom stereocenters. The van der Waals surface area contributed by atoms with E-state index in [2.05, 4.69) is 0 Å². The molecule has 0 aliphatic rings. The van der Waals surface area contributed by atoms with Crippen molar-refractivity contribution in [3.63, 3.8) is 0 Å². The third-order valence-corrected chi connectivity index (χ3v) is 4.74. The van der Waals surface area contributed by atoms with E-state index in [0.717, 1.165) is 13.2 Å². The fourth-order valence-corrected chi connectivity index (χ4v) is 3.70. The monoisotopic (exact) mass is 436 g/mol. The van der Waals surface area contributed by atoms with Crippen LogP contribution in [0.4, 0.5) is 30.4 Å². The molecule has 0 amide bonds. The third kappa shape index (κ3) is 8.25. The second-order valence-electron chi connectivity index (χ2n) is 3.89. The summed E-state index contributed by atoms with van der Waals surface area (Å²) in [5.74, 6) is 0. The maximum Gasteiger partial charge on any atom is 0.673 e. The zero-order valence-corrected chi connectivity index (χ0v) is 13.0. The first-order valence-electron chi connectivity index (χ1n) is 5.80. The highest BCUT2D eigenvalue weighted by molar-refractivity contribution is 6.50. The Morgan fingerprint density at radius 1 is 0.727 bits per heavy atom. The Morgan fingerprint density at radius 3 is 1.73 bits per heavy atom. The van der Waals surface area contributed by atoms with E-state index in [1.54, 1.807) is 6.07 Å². The molecule has 0 saturated carbocycles. The maximum absolute atomic E-state index is 12.5. The smallest absolute Gasteiger partial charge is 0.418 e. The van der Waals surface area contributed by atoms with Gasteiger partial charge in [-0.1, -0.05) is 24.3 Å². The molecule has 0 unspecified atom stereocenters. The lowest BCUT2D eigenvalue weighted by molar-refractivity contribution is -0.597. The maximum atomic E-state index is 12.5. The van der Waals surface area contributed by atoms with Crippen molar-refractivity contribution >= 4 is 7.25 Å². The molecule has 0 bridgehead atoms. The van der Waals surface area contributed by atoms with Crippen molar-refractivity contribution in [1.29, 1.82) is 0 Å². The summed E-state index contributed by atoms with van der Waals surface area (Å²) in [6.07, 6.45) is -4.25. The van der Waals surface area contributed by atoms with Crippen molar-refractivity contribution in [2.75, 3.05) is 0 Å². The third-order valence-electron chi connectivity index (χ3n) is 2.10. The van der Waals surface area contributed by atoms with Crippen LogP contribution < -0.4 is 21.2 Å². The van der Waals surface area contributed by atoms with Crippen molar-refractivity contribution in [2.45, 2.75) is 6.18 Å². The molecule has 0 aliphatic heterocycles. The van der Waals surface area contributed by atoms with E-state index in [4.69, 9.17) is 0 Å². The van der Waals surface area contributed by atoms with Gasteiger partial charge in [0.15, 0.2) is 7.14 Å². The largest absolute Gasteiger partial charge is 0.673 e. The minimum atomic E-state index is -6.00. The van der Waals surface area contributed by atoms with Gasteiger partial charge in [0, 0.05) is 6.07 Å². The molecule has 0 saturated heterocycles. The van der Waals surface area contributed by atoms with Gasteiger partial charge >= 0.3 is 34.6 Å². The average molecular weight is 436 g/mol. The lowest BCUT2D eigenvalue weighted by atomic mass is 10.2. The van der Waals surface area contributed by atoms with Gasteiger partial charge in [0.1, 0.15) is 0 Å². The molecule has 0 heterocycles. The first-order valence-corrected chi connectivity index (χ1v) is 7.96. The van der Waals surface area contributed by atoms with Gasteiger partial charge in [-0.3, -0.25) is 0 Å². The van der Waals surface area contributed by atoms with Crippen LogP contribution >= 0.6 is 0 Å². The highest BCUT2D eigenvalue weighted by atomic mass is 127. The summed E-state index contributed by atoms with van der Waals surface area (Å²) in [6.45, 7) is 0. The second kappa shape index (κ2) is 7.84. The number of hydrogen-bond acceptors (Lipinski definition) is 0. The number of rotatable bonds is 2. The van der Waals surface area contributed by atoms with E-state index in [0.29, 0.717) is 0 Å². The highest BCUT2D eigenvalue weighted by Crippen LogP contribution is 2.28. The molecular formula is C13H9BF7I. The van der Waals surface area contributed by atoms with E-state index < -0.39 is 40.2 Å². The van der Waals surface area contributed by atoms with Gasteiger partial charge in [0.25, 0.3) is 0 Å². The molecule has 2 aromatic rings. The fourth-order valence-electron chi connectivity index (χ4n) is 1.33. The number of alkyl halides is 3. The lowest BCUT2D eigenvalue weighted by Crippen LogP contribution is -3.61. The molecular weight excluding hydrogens is 427 g/mol. The Kier molecular flexibility index (Phi) is 6.70. The fraction of sp³-hybridized carbons (Fsp3) is 0.0769. The van der Waals surface area contributed by atoms with E-state index in [1.165, 1.54) is 12.1 Å². The number of hydrogen-bond donors (Lipinski definition) is 0. The summed E-state index contributed by atoms with van der Waals surface area (Å²) in [4.78, 5) is 0. The molecule has 120 valence electrons. The number of benzene rings is 2. The molecule has 0 spiro atoms. The summed E-state index contributed by atoms with van der Waals surface area (Å²) in [5.41, 5.74) is -0.564. The molecule has 2 aromatic carbocycles. The summed E-state index contributed by atoms with van der Waals surface area (Å²) in [5, 5.41) is 0. The van der Waals surface area contributed by atoms with Crippen LogP contribution in [0.15, 0.2) is 54.6 Å². The van der Waals surface area contributed by atoms with E-state index in [1.807, 2.05) is 30.3 Å². The van der Waals surface area contributed by atoms with Crippen LogP contribution in [-0.2, 0) is 6.18 Å². The Balaban J connectivity index is 0.000000422. The van der Waals surface area contributed by atoms with Gasteiger partial charge < -0.3 is 17.3 Å². The van der Waals surface area contributed by atoms with Crippen LogP contribution in [0.5, 0.6) is 0 Å². The summed E-state index contributed by atoms with van der Waals surface area (Å²) in [7, 11) is -6.00. The molecule has 0 nitrogen and oxygen atoms in total. The molecule has 0 aliphatic carbocycles. The molecule has 22 heavy (non-hydrogen) atoms. The van der Waals surface area contributed by atoms with Crippen LogP contribution in [0.3, 0.4) is 0 Å². The molecule has 0 aromatic heterocycles. The molecule has 0 N–H and O–H groups in total. The predicted molar refractivity (Wildman–Crippen MR) is 65.5 cm³/mol. The minimum absolute atomic E-state index is 0.536. The van der Waals surface area contributed by atoms with E-state index in [9.17, 15) is 30.4 Å². The molecule has 9 heteroatoms. The van der Waals surface area contributed by atoms with Gasteiger partial charge in [-0.15, -0.1) is 0 Å². The Hall–Kier alpha value is -1.26. The normalized spacial score (nSPS) is 11.6. The quantitative estimate of drug-likeness (QED) is 0.385. The lowest BCUT2D eigenvalue weighted by Gasteiger charge is -2.04. The number of halogens is 8. The molecule has 2 rings (SSSR count). The van der Waals surface area contributed by atoms with Crippen molar-refractivity contribution in [1.82, 2.24) is 0 Å². The van der Waals surface area contributed by atoms with Crippen LogP contribution in [0.1, 0.15) is 5.56 Å². The van der Waals surface area contributed by atoms with Crippen molar-refractivity contribution < 1.29 is 51.6 Å². The van der Waals surface area contributed by atoms with Crippen LogP contribution in [0.25, 0.3) is 0 Å². The Labute approximate surface area is 132 Å². The Bertz CT molecular complexity index is 575. The summed E-state index contributed by atoms with van der Waals surface area (Å²) < 4.78 is 78.5. The van der Waals surface area contributed by atoms with Gasteiger partial charge in [-0.2, -0.15) is 13.2 Å². The summed E-state index contributed by atoms with van der Waals surface area (Å²) in [6, 6.07) is 15.2. The van der Waals surface area contributed by atoms with Crippen molar-refractivity contribution in [2.24, 2.45) is 0 Å². The average Bonchev–Trinajstić information content (AvgIpc) is 2.37. The van der Waals surface area contributed by atoms with E-state index >= 15 is 0 Å². The zero-order chi connectivity index (χ0) is 16.8. The molecule has 0 fully saturated rings. The minimum Gasteiger partial charge on any atom is -0.418 e. The van der Waals surface area contributed by atoms with Gasteiger partial charge in [0.2, 0.25) is 0 Å². The first kappa shape index (κ1) is 18.8. The van der Waals surface area contributed by atoms with Gasteiger partial charge in [-0.25, -0.2) is 0 Å². The van der Waals surface area contributed by atoms with E-state index in [-0.39, 0.29) is 0 Å². The highest BCUT2D eigenvalue weighted by Gasteiger charge is 2.32. The first-order chi connectivity index (χ1) is 10.1. The summed E-state index contributed by atoms with van der Waals surface area (Å²) >= 11 is -0.536. The van der Waals surface area contributed by atoms with Crippen LogP contribution in [-0.4, -0.2) is 7.25 Å². The SMILES string of the molecule is FC(F)(F)c1cccc([I+]c2ccccc2)c1.F[B-](F)(F)F. The predicted octanol–water partition coefficient (Wildman–Crippen LogP) is 2.13. The standard InChI is InChI=1S/C13H9F3I.BF4/c14-13(15,16)10-5-4-8-12(9-10)17-11-6-2-1-3-7-11;2-1(3,4)5/h1-9H;/q+1;-1. The van der Waals surface area contributed by atoms with Gasteiger partial charge in [0.05, 0.1) is 5.56 Å². The Morgan fingerprint density at radius 2 is 1.23 bits per heavy atom. The van der Waals surface area contributed by atoms with Crippen LogP contribution in [0, 0.1) is 7.14 Å².